The topological polar surface area (TPSA) is 27.7 Å². The molecular formula is C24H18O3. The first-order valence-electron chi connectivity index (χ1n) is 9.41. The van der Waals surface area contributed by atoms with Crippen LogP contribution < -0.4 is 14.2 Å². The SMILES string of the molecule is c1ccc2c(Oc3c4c(cc5ccccc35)OCC4)c3c(cc2c1)OCC3. The van der Waals surface area contributed by atoms with E-state index in [0.29, 0.717) is 13.2 Å². The molecule has 0 fully saturated rings. The van der Waals surface area contributed by atoms with Crippen LogP contribution in [0.15, 0.2) is 60.7 Å². The molecule has 0 unspecified atom stereocenters. The Morgan fingerprint density at radius 1 is 0.630 bits per heavy atom. The Morgan fingerprint density at radius 2 is 1.11 bits per heavy atom. The summed E-state index contributed by atoms with van der Waals surface area (Å²) >= 11 is 0. The van der Waals surface area contributed by atoms with Crippen LogP contribution in [0.2, 0.25) is 0 Å². The fraction of sp³-hybridized carbons (Fsp3) is 0.167. The highest BCUT2D eigenvalue weighted by Gasteiger charge is 2.25. The first-order chi connectivity index (χ1) is 13.4. The third-order valence-corrected chi connectivity index (χ3v) is 5.55. The van der Waals surface area contributed by atoms with Gasteiger partial charge in [0.15, 0.2) is 0 Å². The lowest BCUT2D eigenvalue weighted by atomic mass is 10.0. The Kier molecular flexibility index (Phi) is 3.12. The van der Waals surface area contributed by atoms with E-state index in [1.807, 2.05) is 0 Å². The van der Waals surface area contributed by atoms with E-state index in [0.717, 1.165) is 68.5 Å². The third kappa shape index (κ3) is 2.21. The molecule has 2 aliphatic heterocycles. The zero-order chi connectivity index (χ0) is 17.8. The number of hydrogen-bond acceptors (Lipinski definition) is 3. The highest BCUT2D eigenvalue weighted by atomic mass is 16.5. The largest absolute Gasteiger partial charge is 0.493 e. The van der Waals surface area contributed by atoms with E-state index in [4.69, 9.17) is 14.2 Å². The van der Waals surface area contributed by atoms with Crippen molar-refractivity contribution in [2.75, 3.05) is 13.2 Å². The summed E-state index contributed by atoms with van der Waals surface area (Å²) in [5, 5.41) is 4.53. The van der Waals surface area contributed by atoms with Crippen molar-refractivity contribution in [1.29, 1.82) is 0 Å². The van der Waals surface area contributed by atoms with E-state index >= 15 is 0 Å². The maximum absolute atomic E-state index is 6.73. The van der Waals surface area contributed by atoms with Crippen LogP contribution in [0.1, 0.15) is 11.1 Å². The summed E-state index contributed by atoms with van der Waals surface area (Å²) in [5.41, 5.74) is 2.32. The van der Waals surface area contributed by atoms with E-state index in [2.05, 4.69) is 60.7 Å². The molecule has 3 nitrogen and oxygen atoms in total. The van der Waals surface area contributed by atoms with Crippen LogP contribution in [-0.4, -0.2) is 13.2 Å². The van der Waals surface area contributed by atoms with Crippen LogP contribution in [0, 0.1) is 0 Å². The van der Waals surface area contributed by atoms with Gasteiger partial charge in [0.1, 0.15) is 23.0 Å². The second kappa shape index (κ2) is 5.65. The van der Waals surface area contributed by atoms with Crippen molar-refractivity contribution in [3.63, 3.8) is 0 Å². The van der Waals surface area contributed by atoms with Crippen molar-refractivity contribution in [3.8, 4) is 23.0 Å². The molecule has 6 rings (SSSR count). The monoisotopic (exact) mass is 354 g/mol. The van der Waals surface area contributed by atoms with Gasteiger partial charge >= 0.3 is 0 Å². The third-order valence-electron chi connectivity index (χ3n) is 5.55. The number of benzene rings is 4. The van der Waals surface area contributed by atoms with Gasteiger partial charge in [0.05, 0.1) is 13.2 Å². The van der Waals surface area contributed by atoms with Gasteiger partial charge in [-0.1, -0.05) is 48.5 Å². The highest BCUT2D eigenvalue weighted by molar-refractivity contribution is 5.95. The molecule has 0 atom stereocenters. The average molecular weight is 354 g/mol. The predicted molar refractivity (Wildman–Crippen MR) is 106 cm³/mol. The fourth-order valence-corrected chi connectivity index (χ4v) is 4.26. The molecule has 2 heterocycles. The molecule has 4 aromatic carbocycles. The van der Waals surface area contributed by atoms with Crippen LogP contribution >= 0.6 is 0 Å². The van der Waals surface area contributed by atoms with E-state index in [-0.39, 0.29) is 0 Å². The molecule has 2 aliphatic rings. The average Bonchev–Trinajstić information content (AvgIpc) is 3.36. The second-order valence-corrected chi connectivity index (χ2v) is 7.11. The quantitative estimate of drug-likeness (QED) is 0.465. The zero-order valence-corrected chi connectivity index (χ0v) is 14.8. The Hall–Kier alpha value is -3.20. The molecule has 27 heavy (non-hydrogen) atoms. The molecular weight excluding hydrogens is 336 g/mol. The van der Waals surface area contributed by atoms with Crippen molar-refractivity contribution in [2.24, 2.45) is 0 Å². The Morgan fingerprint density at radius 3 is 1.63 bits per heavy atom. The standard InChI is InChI=1S/C24H18O3/c1-3-7-17-15(5-1)13-21-19(9-11-25-21)23(17)27-24-18-8-4-2-6-16(18)14-22-20(24)10-12-26-22/h1-8,13-14H,9-12H2. The minimum atomic E-state index is 0.707. The molecule has 0 saturated carbocycles. The lowest BCUT2D eigenvalue weighted by molar-refractivity contribution is 0.357. The van der Waals surface area contributed by atoms with Crippen molar-refractivity contribution in [2.45, 2.75) is 12.8 Å². The van der Waals surface area contributed by atoms with Gasteiger partial charge in [-0.25, -0.2) is 0 Å². The number of ether oxygens (including phenoxy) is 3. The maximum atomic E-state index is 6.73. The van der Waals surface area contributed by atoms with Gasteiger partial charge in [-0.15, -0.1) is 0 Å². The van der Waals surface area contributed by atoms with Gasteiger partial charge in [-0.3, -0.25) is 0 Å². The summed E-state index contributed by atoms with van der Waals surface area (Å²) in [6.45, 7) is 1.41. The minimum Gasteiger partial charge on any atom is -0.493 e. The minimum absolute atomic E-state index is 0.707. The smallest absolute Gasteiger partial charge is 0.142 e. The molecule has 0 aromatic heterocycles. The van der Waals surface area contributed by atoms with Gasteiger partial charge in [0.2, 0.25) is 0 Å². The summed E-state index contributed by atoms with van der Waals surface area (Å²) in [5.74, 6) is 3.73. The van der Waals surface area contributed by atoms with Gasteiger partial charge in [-0.05, 0) is 22.9 Å². The molecule has 0 saturated heterocycles. The van der Waals surface area contributed by atoms with Crippen LogP contribution in [0.5, 0.6) is 23.0 Å². The molecule has 0 amide bonds. The van der Waals surface area contributed by atoms with Crippen molar-refractivity contribution in [3.05, 3.63) is 71.8 Å². The molecule has 0 spiro atoms. The van der Waals surface area contributed by atoms with Crippen LogP contribution in [0.25, 0.3) is 21.5 Å². The van der Waals surface area contributed by atoms with E-state index in [1.54, 1.807) is 0 Å². The normalized spacial score (nSPS) is 14.7. The van der Waals surface area contributed by atoms with Crippen molar-refractivity contribution < 1.29 is 14.2 Å². The molecule has 0 aliphatic carbocycles. The first-order valence-corrected chi connectivity index (χ1v) is 9.41. The van der Waals surface area contributed by atoms with Crippen molar-refractivity contribution in [1.82, 2.24) is 0 Å². The molecule has 0 bridgehead atoms. The lowest BCUT2D eigenvalue weighted by Gasteiger charge is -2.17. The van der Waals surface area contributed by atoms with Crippen LogP contribution in [-0.2, 0) is 12.8 Å². The van der Waals surface area contributed by atoms with Gasteiger partial charge < -0.3 is 14.2 Å². The summed E-state index contributed by atoms with van der Waals surface area (Å²) in [6.07, 6.45) is 1.75. The van der Waals surface area contributed by atoms with Gasteiger partial charge in [-0.2, -0.15) is 0 Å². The molecule has 4 aromatic rings. The van der Waals surface area contributed by atoms with Crippen LogP contribution in [0.3, 0.4) is 0 Å². The fourth-order valence-electron chi connectivity index (χ4n) is 4.26. The van der Waals surface area contributed by atoms with E-state index < -0.39 is 0 Å². The Labute approximate surface area is 157 Å². The summed E-state index contributed by atoms with van der Waals surface area (Å²) in [7, 11) is 0. The number of fused-ring (bicyclic) bond motifs is 4. The lowest BCUT2D eigenvalue weighted by Crippen LogP contribution is -1.95. The zero-order valence-electron chi connectivity index (χ0n) is 14.8. The van der Waals surface area contributed by atoms with Gasteiger partial charge in [0, 0.05) is 34.7 Å². The molecule has 132 valence electrons. The Bertz CT molecular complexity index is 1110. The summed E-state index contributed by atoms with van der Waals surface area (Å²) in [4.78, 5) is 0. The van der Waals surface area contributed by atoms with Crippen molar-refractivity contribution >= 4 is 21.5 Å². The van der Waals surface area contributed by atoms with Crippen LogP contribution in [0.4, 0.5) is 0 Å². The van der Waals surface area contributed by atoms with E-state index in [9.17, 15) is 0 Å². The first kappa shape index (κ1) is 14.9. The Balaban J connectivity index is 1.64. The summed E-state index contributed by atoms with van der Waals surface area (Å²) < 4.78 is 18.5. The second-order valence-electron chi connectivity index (χ2n) is 7.11. The molecule has 3 heteroatoms. The van der Waals surface area contributed by atoms with Gasteiger partial charge in [0.25, 0.3) is 0 Å². The molecule has 0 N–H and O–H groups in total. The number of hydrogen-bond donors (Lipinski definition) is 0. The molecule has 0 radical (unpaired) electrons. The summed E-state index contributed by atoms with van der Waals surface area (Å²) in [6, 6.07) is 21.0. The maximum Gasteiger partial charge on any atom is 0.142 e. The predicted octanol–water partition coefficient (Wildman–Crippen LogP) is 5.66. The number of rotatable bonds is 2. The highest BCUT2D eigenvalue weighted by Crippen LogP contribution is 2.47. The van der Waals surface area contributed by atoms with E-state index in [1.165, 1.54) is 0 Å².